The zero-order valence-electron chi connectivity index (χ0n) is 15.5. The molecule has 0 spiro atoms. The Morgan fingerprint density at radius 1 is 1.29 bits per heavy atom. The highest BCUT2D eigenvalue weighted by atomic mass is 32.2. The van der Waals surface area contributed by atoms with Crippen molar-refractivity contribution in [3.63, 3.8) is 0 Å². The summed E-state index contributed by atoms with van der Waals surface area (Å²) in [6.07, 6.45) is 1.77. The van der Waals surface area contributed by atoms with E-state index in [0.29, 0.717) is 33.6 Å². The van der Waals surface area contributed by atoms with E-state index in [4.69, 9.17) is 9.47 Å². The zero-order valence-corrected chi connectivity index (χ0v) is 16.3. The summed E-state index contributed by atoms with van der Waals surface area (Å²) >= 11 is 1.29. The molecule has 1 aliphatic heterocycles. The first-order chi connectivity index (χ1) is 13.6. The van der Waals surface area contributed by atoms with E-state index >= 15 is 0 Å². The molecule has 2 aromatic rings. The highest BCUT2D eigenvalue weighted by Gasteiger charge is 2.45. The minimum Gasteiger partial charge on any atom is -0.479 e. The Labute approximate surface area is 166 Å². The summed E-state index contributed by atoms with van der Waals surface area (Å²) in [7, 11) is 1.53. The average Bonchev–Trinajstić information content (AvgIpc) is 2.73. The van der Waals surface area contributed by atoms with Crippen molar-refractivity contribution in [1.29, 1.82) is 0 Å². The Morgan fingerprint density at radius 2 is 2.07 bits per heavy atom. The predicted molar refractivity (Wildman–Crippen MR) is 104 cm³/mol. The van der Waals surface area contributed by atoms with Gasteiger partial charge in [0, 0.05) is 12.1 Å². The van der Waals surface area contributed by atoms with Crippen LogP contribution in [0.5, 0.6) is 5.88 Å². The topological polar surface area (TPSA) is 90.4 Å². The predicted octanol–water partition coefficient (Wildman–Crippen LogP) is 3.15. The molecule has 1 aromatic heterocycles. The average molecular weight is 397 g/mol. The number of aromatic nitrogens is 2. The van der Waals surface area contributed by atoms with Crippen molar-refractivity contribution >= 4 is 29.2 Å². The second kappa shape index (κ2) is 7.63. The minimum absolute atomic E-state index is 0.105. The number of anilines is 1. The van der Waals surface area contributed by atoms with E-state index in [0.717, 1.165) is 5.56 Å². The third-order valence-corrected chi connectivity index (χ3v) is 5.96. The van der Waals surface area contributed by atoms with E-state index in [1.54, 1.807) is 6.92 Å². The molecule has 1 N–H and O–H groups in total. The number of rotatable bonds is 4. The first-order valence-corrected chi connectivity index (χ1v) is 9.78. The molecule has 0 saturated carbocycles. The number of nitrogens with one attached hydrogen (secondary N) is 1. The highest BCUT2D eigenvalue weighted by molar-refractivity contribution is 8.04. The monoisotopic (exact) mass is 397 g/mol. The van der Waals surface area contributed by atoms with Gasteiger partial charge in [-0.3, -0.25) is 9.59 Å². The van der Waals surface area contributed by atoms with E-state index in [1.165, 1.54) is 25.2 Å². The first-order valence-electron chi connectivity index (χ1n) is 8.96. The molecule has 2 heterocycles. The number of nitrogens with zero attached hydrogens (tertiary/aromatic N) is 2. The smallest absolute Gasteiger partial charge is 0.310 e. The zero-order chi connectivity index (χ0) is 19.7. The summed E-state index contributed by atoms with van der Waals surface area (Å²) in [5.41, 5.74) is 2.10. The maximum atomic E-state index is 13.4. The molecular weight excluding hydrogens is 378 g/mol. The lowest BCUT2D eigenvalue weighted by atomic mass is 9.76. The molecule has 1 aliphatic carbocycles. The number of allylic oxidation sites excluding steroid dienone is 2. The van der Waals surface area contributed by atoms with Gasteiger partial charge >= 0.3 is 5.97 Å². The van der Waals surface area contributed by atoms with E-state index in [9.17, 15) is 9.59 Å². The Balaban J connectivity index is 1.76. The van der Waals surface area contributed by atoms with Crippen LogP contribution in [0, 0.1) is 5.92 Å². The molecule has 0 saturated heterocycles. The van der Waals surface area contributed by atoms with Crippen molar-refractivity contribution in [2.75, 3.05) is 19.0 Å². The van der Waals surface area contributed by atoms with Crippen molar-refractivity contribution in [3.05, 3.63) is 52.8 Å². The third kappa shape index (κ3) is 3.13. The Kier molecular flexibility index (Phi) is 5.04. The summed E-state index contributed by atoms with van der Waals surface area (Å²) in [6, 6.07) is 9.38. The van der Waals surface area contributed by atoms with E-state index < -0.39 is 11.8 Å². The maximum absolute atomic E-state index is 13.4. The van der Waals surface area contributed by atoms with Crippen molar-refractivity contribution < 1.29 is 19.1 Å². The number of benzene rings is 1. The van der Waals surface area contributed by atoms with Gasteiger partial charge in [0.1, 0.15) is 17.0 Å². The lowest BCUT2D eigenvalue weighted by molar-refractivity contribution is -0.150. The van der Waals surface area contributed by atoms with Gasteiger partial charge in [0.25, 0.3) is 0 Å². The number of ether oxygens (including phenoxy) is 2. The molecule has 0 fully saturated rings. The Morgan fingerprint density at radius 3 is 2.79 bits per heavy atom. The lowest BCUT2D eigenvalue weighted by Gasteiger charge is -2.34. The van der Waals surface area contributed by atoms with Crippen LogP contribution in [0.3, 0.4) is 0 Å². The molecule has 2 aliphatic rings. The molecule has 4 rings (SSSR count). The van der Waals surface area contributed by atoms with Gasteiger partial charge in [-0.2, -0.15) is 4.98 Å². The highest BCUT2D eigenvalue weighted by Crippen LogP contribution is 2.50. The van der Waals surface area contributed by atoms with E-state index in [-0.39, 0.29) is 18.4 Å². The molecule has 0 amide bonds. The standard InChI is InChI=1S/C20H19N3O4S/c1-3-27-20(25)12-9-13-17(16(24)14(12)11-7-5-4-6-8-11)28-19-15(23-13)18(26-2)21-10-22-19/h4-8,10,12,14,23H,3,9H2,1-2H3/t12-,14-/m0/s1. The van der Waals surface area contributed by atoms with Gasteiger partial charge < -0.3 is 14.8 Å². The van der Waals surface area contributed by atoms with Crippen LogP contribution in [0.15, 0.2) is 52.3 Å². The quantitative estimate of drug-likeness (QED) is 0.622. The van der Waals surface area contributed by atoms with Crippen molar-refractivity contribution in [3.8, 4) is 5.88 Å². The SMILES string of the molecule is CCOC(=O)[C@H]1CC2=C(Sc3ncnc(OC)c3N2)C(=O)[C@H]1c1ccccc1. The number of ketones is 1. The Bertz CT molecular complexity index is 961. The largest absolute Gasteiger partial charge is 0.479 e. The minimum atomic E-state index is -0.598. The van der Waals surface area contributed by atoms with E-state index in [1.807, 2.05) is 30.3 Å². The van der Waals surface area contributed by atoms with Crippen LogP contribution in [0.2, 0.25) is 0 Å². The fourth-order valence-electron chi connectivity index (χ4n) is 3.58. The van der Waals surface area contributed by atoms with E-state index in [2.05, 4.69) is 15.3 Å². The second-order valence-corrected chi connectivity index (χ2v) is 7.41. The number of thioether (sulfide) groups is 1. The Hall–Kier alpha value is -2.87. The summed E-state index contributed by atoms with van der Waals surface area (Å²) in [5, 5.41) is 3.85. The molecule has 7 nitrogen and oxygen atoms in total. The molecule has 2 atom stereocenters. The van der Waals surface area contributed by atoms with Gasteiger partial charge in [0.2, 0.25) is 5.88 Å². The lowest BCUT2D eigenvalue weighted by Crippen LogP contribution is -2.36. The van der Waals surface area contributed by atoms with Crippen LogP contribution >= 0.6 is 11.8 Å². The normalized spacial score (nSPS) is 20.7. The summed E-state index contributed by atoms with van der Waals surface area (Å²) in [5.74, 6) is -1.26. The van der Waals surface area contributed by atoms with Gasteiger partial charge in [0.05, 0.1) is 30.5 Å². The molecule has 8 heteroatoms. The number of fused-ring (bicyclic) bond motifs is 1. The van der Waals surface area contributed by atoms with Crippen LogP contribution < -0.4 is 10.1 Å². The van der Waals surface area contributed by atoms with Crippen LogP contribution in [-0.2, 0) is 14.3 Å². The number of carbonyl (C=O) groups excluding carboxylic acids is 2. The van der Waals surface area contributed by atoms with Crippen LogP contribution in [0.25, 0.3) is 0 Å². The number of hydrogen-bond acceptors (Lipinski definition) is 8. The molecule has 144 valence electrons. The molecule has 28 heavy (non-hydrogen) atoms. The molecular formula is C20H19N3O4S. The van der Waals surface area contributed by atoms with Crippen molar-refractivity contribution in [1.82, 2.24) is 9.97 Å². The first kappa shape index (κ1) is 18.5. The summed E-state index contributed by atoms with van der Waals surface area (Å²) < 4.78 is 10.6. The number of esters is 1. The van der Waals surface area contributed by atoms with Gasteiger partial charge in [-0.15, -0.1) is 0 Å². The number of methoxy groups -OCH3 is 1. The van der Waals surface area contributed by atoms with Gasteiger partial charge in [-0.05, 0) is 12.5 Å². The molecule has 1 aromatic carbocycles. The molecule has 0 bridgehead atoms. The van der Waals surface area contributed by atoms with Crippen LogP contribution in [0.1, 0.15) is 24.8 Å². The van der Waals surface area contributed by atoms with Crippen LogP contribution in [-0.4, -0.2) is 35.4 Å². The third-order valence-electron chi connectivity index (χ3n) is 4.80. The molecule has 0 unspecified atom stereocenters. The number of hydrogen-bond donors (Lipinski definition) is 1. The maximum Gasteiger partial charge on any atom is 0.310 e. The number of carbonyl (C=O) groups is 2. The van der Waals surface area contributed by atoms with Crippen molar-refractivity contribution in [2.45, 2.75) is 24.3 Å². The molecule has 0 radical (unpaired) electrons. The fourth-order valence-corrected chi connectivity index (χ4v) is 4.60. The second-order valence-electron chi connectivity index (χ2n) is 6.41. The summed E-state index contributed by atoms with van der Waals surface area (Å²) in [4.78, 5) is 35.1. The van der Waals surface area contributed by atoms with Crippen LogP contribution in [0.4, 0.5) is 5.69 Å². The van der Waals surface area contributed by atoms with Gasteiger partial charge in [-0.1, -0.05) is 42.1 Å². The number of Topliss-reactive ketones (excluding diaryl/α,β-unsaturated/α-hetero) is 1. The summed E-state index contributed by atoms with van der Waals surface area (Å²) in [6.45, 7) is 2.03. The van der Waals surface area contributed by atoms with Gasteiger partial charge in [-0.25, -0.2) is 4.98 Å². The fraction of sp³-hybridized carbons (Fsp3) is 0.300. The van der Waals surface area contributed by atoms with Gasteiger partial charge in [0.15, 0.2) is 5.78 Å². The van der Waals surface area contributed by atoms with Crippen molar-refractivity contribution in [2.24, 2.45) is 5.92 Å².